The van der Waals surface area contributed by atoms with E-state index >= 15 is 0 Å². The van der Waals surface area contributed by atoms with Crippen molar-refractivity contribution in [1.82, 2.24) is 0 Å². The van der Waals surface area contributed by atoms with Gasteiger partial charge in [-0.1, -0.05) is 0 Å². The van der Waals surface area contributed by atoms with Gasteiger partial charge < -0.3 is 0 Å². The van der Waals surface area contributed by atoms with Crippen molar-refractivity contribution in [1.29, 1.82) is 0 Å². The Labute approximate surface area is 94.3 Å². The molecule has 16 heavy (non-hydrogen) atoms. The summed E-state index contributed by atoms with van der Waals surface area (Å²) >= 11 is 0. The predicted molar refractivity (Wildman–Crippen MR) is 63.4 cm³/mol. The van der Waals surface area contributed by atoms with E-state index in [0.717, 1.165) is 11.1 Å². The van der Waals surface area contributed by atoms with Crippen LogP contribution >= 0.6 is 8.08 Å². The van der Waals surface area contributed by atoms with Crippen LogP contribution < -0.4 is 0 Å². The molecular formula is C12H10O3P+. The Kier molecular flexibility index (Phi) is 3.01. The van der Waals surface area contributed by atoms with Crippen molar-refractivity contribution in [2.45, 2.75) is 5.79 Å². The Morgan fingerprint density at radius 1 is 1.00 bits per heavy atom. The first kappa shape index (κ1) is 11.2. The van der Waals surface area contributed by atoms with Crippen molar-refractivity contribution in [3.05, 3.63) is 59.8 Å². The van der Waals surface area contributed by atoms with Gasteiger partial charge in [-0.05, 0) is 0 Å². The van der Waals surface area contributed by atoms with Gasteiger partial charge in [-0.15, -0.1) is 0 Å². The van der Waals surface area contributed by atoms with E-state index < -0.39 is 5.79 Å². The van der Waals surface area contributed by atoms with E-state index in [9.17, 15) is 14.8 Å². The quantitative estimate of drug-likeness (QED) is 0.494. The first-order chi connectivity index (χ1) is 7.62. The van der Waals surface area contributed by atoms with Gasteiger partial charge in [-0.25, -0.2) is 0 Å². The zero-order valence-corrected chi connectivity index (χ0v) is 9.26. The van der Waals surface area contributed by atoms with Gasteiger partial charge in [-0.3, -0.25) is 0 Å². The molecule has 2 N–H and O–H groups in total. The Balaban J connectivity index is 2.45. The molecule has 0 fully saturated rings. The molecule has 0 bridgehead atoms. The average Bonchev–Trinajstić information content (AvgIpc) is 2.29. The molecule has 0 atom stereocenters. The molecule has 0 aromatic rings. The third-order valence-corrected chi connectivity index (χ3v) is 2.92. The van der Waals surface area contributed by atoms with E-state index in [-0.39, 0.29) is 8.08 Å². The van der Waals surface area contributed by atoms with Gasteiger partial charge >= 0.3 is 93.7 Å². The minimum atomic E-state index is -1.88. The molecule has 0 aliphatic heterocycles. The zero-order chi connectivity index (χ0) is 11.6. The van der Waals surface area contributed by atoms with Crippen molar-refractivity contribution in [3.63, 3.8) is 0 Å². The van der Waals surface area contributed by atoms with Crippen molar-refractivity contribution >= 4 is 13.4 Å². The van der Waals surface area contributed by atoms with Gasteiger partial charge in [0.1, 0.15) is 0 Å². The van der Waals surface area contributed by atoms with Gasteiger partial charge in [0.25, 0.3) is 0 Å². The maximum atomic E-state index is 10.9. The van der Waals surface area contributed by atoms with Crippen LogP contribution in [-0.2, 0) is 4.57 Å². The molecule has 2 rings (SSSR count). The average molecular weight is 233 g/mol. The summed E-state index contributed by atoms with van der Waals surface area (Å²) in [6.45, 7) is 0. The van der Waals surface area contributed by atoms with Crippen LogP contribution in [0.2, 0.25) is 0 Å². The SMILES string of the molecule is O=[P+]=C1C=CC=CC1=C1C=CC(O)(O)C=C1. The number of allylic oxidation sites excluding steroid dienone is 8. The van der Waals surface area contributed by atoms with E-state index in [4.69, 9.17) is 0 Å². The molecule has 0 aromatic carbocycles. The predicted octanol–water partition coefficient (Wildman–Crippen LogP) is 1.68. The molecule has 2 aliphatic carbocycles. The van der Waals surface area contributed by atoms with Crippen molar-refractivity contribution in [2.24, 2.45) is 0 Å². The second kappa shape index (κ2) is 4.30. The normalized spacial score (nSPS) is 21.8. The first-order valence-electron chi connectivity index (χ1n) is 4.75. The fourth-order valence-corrected chi connectivity index (χ4v) is 1.96. The minimum absolute atomic E-state index is 0.0495. The molecule has 2 aliphatic rings. The van der Waals surface area contributed by atoms with Crippen molar-refractivity contribution in [2.75, 3.05) is 0 Å². The summed E-state index contributed by atoms with van der Waals surface area (Å²) in [5.41, 5.74) is 1.62. The van der Waals surface area contributed by atoms with Crippen LogP contribution in [0.15, 0.2) is 59.8 Å². The molecule has 0 saturated carbocycles. The Morgan fingerprint density at radius 3 is 2.25 bits per heavy atom. The van der Waals surface area contributed by atoms with Gasteiger partial charge in [0, 0.05) is 0 Å². The summed E-state index contributed by atoms with van der Waals surface area (Å²) in [7, 11) is -0.0495. The number of hydrogen-bond acceptors (Lipinski definition) is 3. The molecule has 80 valence electrons. The van der Waals surface area contributed by atoms with E-state index in [0.29, 0.717) is 5.29 Å². The summed E-state index contributed by atoms with van der Waals surface area (Å²) < 4.78 is 10.9. The molecule has 0 heterocycles. The first-order valence-corrected chi connectivity index (χ1v) is 5.56. The molecular weight excluding hydrogens is 223 g/mol. The monoisotopic (exact) mass is 233 g/mol. The van der Waals surface area contributed by atoms with Crippen LogP contribution in [0.1, 0.15) is 0 Å². The fraction of sp³-hybridized carbons (Fsp3) is 0.0833. The van der Waals surface area contributed by atoms with Crippen LogP contribution in [0, 0.1) is 0 Å². The van der Waals surface area contributed by atoms with Crippen molar-refractivity contribution in [3.8, 4) is 0 Å². The fourth-order valence-electron chi connectivity index (χ4n) is 1.51. The molecule has 0 amide bonds. The summed E-state index contributed by atoms with van der Waals surface area (Å²) in [6.07, 6.45) is 13.0. The van der Waals surface area contributed by atoms with Gasteiger partial charge in [0.05, 0.1) is 0 Å². The van der Waals surface area contributed by atoms with E-state index in [1.807, 2.05) is 18.2 Å². The van der Waals surface area contributed by atoms with Crippen LogP contribution in [0.3, 0.4) is 0 Å². The summed E-state index contributed by atoms with van der Waals surface area (Å²) in [5.74, 6) is -1.88. The van der Waals surface area contributed by atoms with Crippen LogP contribution in [0.5, 0.6) is 0 Å². The third-order valence-electron chi connectivity index (χ3n) is 2.33. The van der Waals surface area contributed by atoms with Gasteiger partial charge in [0.2, 0.25) is 0 Å². The van der Waals surface area contributed by atoms with Crippen molar-refractivity contribution < 1.29 is 14.8 Å². The van der Waals surface area contributed by atoms with Crippen LogP contribution in [-0.4, -0.2) is 21.3 Å². The molecule has 0 radical (unpaired) electrons. The number of rotatable bonds is 0. The molecule has 3 nitrogen and oxygen atoms in total. The Hall–Kier alpha value is -1.28. The summed E-state index contributed by atoms with van der Waals surface area (Å²) in [4.78, 5) is 0. The summed E-state index contributed by atoms with van der Waals surface area (Å²) in [5, 5.41) is 19.2. The topological polar surface area (TPSA) is 57.5 Å². The van der Waals surface area contributed by atoms with E-state index in [1.165, 1.54) is 12.2 Å². The van der Waals surface area contributed by atoms with E-state index in [1.54, 1.807) is 18.2 Å². The van der Waals surface area contributed by atoms with Crippen LogP contribution in [0.4, 0.5) is 0 Å². The van der Waals surface area contributed by atoms with Crippen LogP contribution in [0.25, 0.3) is 0 Å². The standard InChI is InChI=1S/C12H10O3P/c13-12(14)7-5-9(6-8-12)10-3-1-2-4-11(10)16-15/h1-8,13-14H/q+1. The number of hydrogen-bond donors (Lipinski definition) is 2. The Morgan fingerprint density at radius 2 is 1.62 bits per heavy atom. The molecule has 4 heteroatoms. The number of aliphatic hydroxyl groups is 2. The van der Waals surface area contributed by atoms with E-state index in [2.05, 4.69) is 0 Å². The molecule has 0 unspecified atom stereocenters. The molecule has 0 aromatic heterocycles. The van der Waals surface area contributed by atoms with Gasteiger partial charge in [0.15, 0.2) is 0 Å². The van der Waals surface area contributed by atoms with Gasteiger partial charge in [-0.2, -0.15) is 0 Å². The Bertz CT molecular complexity index is 494. The second-order valence-corrected chi connectivity index (χ2v) is 4.18. The second-order valence-electron chi connectivity index (χ2n) is 3.51. The third kappa shape index (κ3) is 2.27. The zero-order valence-electron chi connectivity index (χ0n) is 8.37. The maximum absolute atomic E-state index is 10.9. The summed E-state index contributed by atoms with van der Waals surface area (Å²) in [6, 6.07) is 0. The molecule has 0 spiro atoms. The molecule has 0 saturated heterocycles.